The molecule has 114 valence electrons. The van der Waals surface area contributed by atoms with Crippen molar-refractivity contribution in [3.8, 4) is 0 Å². The Morgan fingerprint density at radius 2 is 1.95 bits per heavy atom. The summed E-state index contributed by atoms with van der Waals surface area (Å²) < 4.78 is 38.2. The van der Waals surface area contributed by atoms with Gasteiger partial charge in [-0.1, -0.05) is 39.5 Å². The van der Waals surface area contributed by atoms with Crippen LogP contribution in [0.2, 0.25) is 0 Å². The van der Waals surface area contributed by atoms with E-state index in [1.807, 2.05) is 0 Å². The van der Waals surface area contributed by atoms with Crippen LogP contribution in [-0.2, 0) is 0 Å². The zero-order chi connectivity index (χ0) is 14.3. The molecule has 0 saturated heterocycles. The number of hydrogen-bond donors (Lipinski definition) is 1. The predicted molar refractivity (Wildman–Crippen MR) is 73.1 cm³/mol. The lowest BCUT2D eigenvalue weighted by molar-refractivity contribution is -0.183. The van der Waals surface area contributed by atoms with Crippen molar-refractivity contribution in [2.24, 2.45) is 11.8 Å². The fourth-order valence-corrected chi connectivity index (χ4v) is 2.95. The van der Waals surface area contributed by atoms with E-state index in [1.165, 1.54) is 19.3 Å². The van der Waals surface area contributed by atoms with Crippen LogP contribution in [0, 0.1) is 11.8 Å². The fraction of sp³-hybridized carbons (Fsp3) is 1.00. The van der Waals surface area contributed by atoms with Gasteiger partial charge in [-0.2, -0.15) is 13.2 Å². The number of nitrogens with one attached hydrogen (secondary N) is 1. The summed E-state index contributed by atoms with van der Waals surface area (Å²) >= 11 is 0. The molecule has 3 atom stereocenters. The van der Waals surface area contributed by atoms with Crippen molar-refractivity contribution in [1.82, 2.24) is 5.32 Å². The van der Waals surface area contributed by atoms with Gasteiger partial charge in [0.25, 0.3) is 0 Å². The molecule has 0 aromatic carbocycles. The minimum atomic E-state index is -4.01. The zero-order valence-electron chi connectivity index (χ0n) is 12.2. The van der Waals surface area contributed by atoms with E-state index in [0.29, 0.717) is 18.8 Å². The molecule has 1 aliphatic rings. The summed E-state index contributed by atoms with van der Waals surface area (Å²) in [6.07, 6.45) is 2.89. The Bertz CT molecular complexity index is 240. The maximum Gasteiger partial charge on any atom is 0.391 e. The number of alkyl halides is 3. The normalized spacial score (nSPS) is 26.4. The molecule has 1 nitrogen and oxygen atoms in total. The topological polar surface area (TPSA) is 12.0 Å². The molecule has 0 spiro atoms. The molecule has 3 unspecified atom stereocenters. The van der Waals surface area contributed by atoms with Gasteiger partial charge in [0, 0.05) is 6.04 Å². The van der Waals surface area contributed by atoms with Crippen LogP contribution in [0.4, 0.5) is 13.2 Å². The van der Waals surface area contributed by atoms with E-state index in [-0.39, 0.29) is 12.5 Å². The van der Waals surface area contributed by atoms with Gasteiger partial charge < -0.3 is 5.32 Å². The van der Waals surface area contributed by atoms with Crippen molar-refractivity contribution in [3.63, 3.8) is 0 Å². The second kappa shape index (κ2) is 8.13. The van der Waals surface area contributed by atoms with Crippen LogP contribution in [-0.4, -0.2) is 18.8 Å². The molecule has 19 heavy (non-hydrogen) atoms. The van der Waals surface area contributed by atoms with Crippen molar-refractivity contribution in [1.29, 1.82) is 0 Å². The molecule has 0 bridgehead atoms. The van der Waals surface area contributed by atoms with Crippen molar-refractivity contribution >= 4 is 0 Å². The first-order chi connectivity index (χ1) is 8.97. The van der Waals surface area contributed by atoms with Crippen LogP contribution in [0.5, 0.6) is 0 Å². The second-order valence-corrected chi connectivity index (χ2v) is 5.93. The summed E-state index contributed by atoms with van der Waals surface area (Å²) in [4.78, 5) is 0. The van der Waals surface area contributed by atoms with E-state index in [0.717, 1.165) is 19.4 Å². The van der Waals surface area contributed by atoms with Gasteiger partial charge in [-0.3, -0.25) is 0 Å². The Balaban J connectivity index is 2.31. The third kappa shape index (κ3) is 6.15. The minimum Gasteiger partial charge on any atom is -0.314 e. The zero-order valence-corrected chi connectivity index (χ0v) is 12.2. The van der Waals surface area contributed by atoms with Gasteiger partial charge in [0.05, 0.1) is 5.92 Å². The third-order valence-electron chi connectivity index (χ3n) is 4.38. The van der Waals surface area contributed by atoms with Gasteiger partial charge in [-0.05, 0) is 38.1 Å². The highest BCUT2D eigenvalue weighted by atomic mass is 19.4. The highest BCUT2D eigenvalue weighted by Gasteiger charge is 2.42. The van der Waals surface area contributed by atoms with Gasteiger partial charge in [0.1, 0.15) is 0 Å². The Kier molecular flexibility index (Phi) is 7.19. The van der Waals surface area contributed by atoms with E-state index < -0.39 is 12.1 Å². The van der Waals surface area contributed by atoms with E-state index in [1.54, 1.807) is 0 Å². The quantitative estimate of drug-likeness (QED) is 0.698. The Labute approximate surface area is 115 Å². The molecular weight excluding hydrogens is 251 g/mol. The van der Waals surface area contributed by atoms with Crippen LogP contribution in [0.15, 0.2) is 0 Å². The first kappa shape index (κ1) is 16.8. The lowest BCUT2D eigenvalue weighted by atomic mass is 9.85. The Hall–Kier alpha value is -0.250. The lowest BCUT2D eigenvalue weighted by Gasteiger charge is -2.32. The average molecular weight is 279 g/mol. The first-order valence-corrected chi connectivity index (χ1v) is 7.77. The summed E-state index contributed by atoms with van der Waals surface area (Å²) in [7, 11) is 0. The summed E-state index contributed by atoms with van der Waals surface area (Å²) in [5.74, 6) is -0.472. The molecule has 1 aliphatic carbocycles. The van der Waals surface area contributed by atoms with Crippen LogP contribution in [0.25, 0.3) is 0 Å². The van der Waals surface area contributed by atoms with E-state index in [9.17, 15) is 13.2 Å². The Morgan fingerprint density at radius 1 is 1.21 bits per heavy atom. The number of rotatable bonds is 7. The van der Waals surface area contributed by atoms with Crippen LogP contribution >= 0.6 is 0 Å². The molecule has 1 N–H and O–H groups in total. The fourth-order valence-electron chi connectivity index (χ4n) is 2.95. The highest BCUT2D eigenvalue weighted by molar-refractivity contribution is 4.82. The van der Waals surface area contributed by atoms with Gasteiger partial charge in [0.2, 0.25) is 0 Å². The molecule has 1 fully saturated rings. The number of hydrogen-bond acceptors (Lipinski definition) is 1. The molecule has 0 radical (unpaired) electrons. The molecule has 0 aliphatic heterocycles. The van der Waals surface area contributed by atoms with E-state index >= 15 is 0 Å². The Morgan fingerprint density at radius 3 is 2.53 bits per heavy atom. The predicted octanol–water partition coefficient (Wildman–Crippen LogP) is 4.91. The lowest BCUT2D eigenvalue weighted by Crippen LogP contribution is -2.40. The smallest absolute Gasteiger partial charge is 0.314 e. The van der Waals surface area contributed by atoms with Gasteiger partial charge in [0.15, 0.2) is 0 Å². The van der Waals surface area contributed by atoms with Crippen molar-refractivity contribution < 1.29 is 13.2 Å². The maximum atomic E-state index is 12.7. The largest absolute Gasteiger partial charge is 0.391 e. The van der Waals surface area contributed by atoms with Crippen LogP contribution in [0.1, 0.15) is 65.2 Å². The summed E-state index contributed by atoms with van der Waals surface area (Å²) in [6, 6.07) is 0.0658. The molecule has 0 heterocycles. The van der Waals surface area contributed by atoms with Crippen molar-refractivity contribution in [2.45, 2.75) is 77.4 Å². The van der Waals surface area contributed by atoms with Crippen LogP contribution in [0.3, 0.4) is 0 Å². The molecule has 1 saturated carbocycles. The highest BCUT2D eigenvalue weighted by Crippen LogP contribution is 2.37. The molecular formula is C15H28F3N. The number of unbranched alkanes of at least 4 members (excludes halogenated alkanes) is 1. The van der Waals surface area contributed by atoms with E-state index in [2.05, 4.69) is 19.2 Å². The summed E-state index contributed by atoms with van der Waals surface area (Å²) in [6.45, 7) is 5.22. The monoisotopic (exact) mass is 279 g/mol. The maximum absolute atomic E-state index is 12.7. The number of halogens is 3. The van der Waals surface area contributed by atoms with Crippen molar-refractivity contribution in [2.75, 3.05) is 6.54 Å². The molecule has 1 rings (SSSR count). The summed E-state index contributed by atoms with van der Waals surface area (Å²) in [5, 5.41) is 3.38. The van der Waals surface area contributed by atoms with Crippen LogP contribution < -0.4 is 5.32 Å². The molecule has 0 aromatic rings. The van der Waals surface area contributed by atoms with Gasteiger partial charge >= 0.3 is 6.18 Å². The SMILES string of the molecule is CCCCC(CC)CNC1CCCC(C(F)(F)F)C1. The third-order valence-corrected chi connectivity index (χ3v) is 4.38. The van der Waals surface area contributed by atoms with Crippen molar-refractivity contribution in [3.05, 3.63) is 0 Å². The minimum absolute atomic E-state index is 0.0658. The standard InChI is InChI=1S/C15H28F3N/c1-3-5-7-12(4-2)11-19-14-9-6-8-13(10-14)15(16,17)18/h12-14,19H,3-11H2,1-2H3. The van der Waals surface area contributed by atoms with E-state index in [4.69, 9.17) is 0 Å². The van der Waals surface area contributed by atoms with Gasteiger partial charge in [-0.25, -0.2) is 0 Å². The molecule has 4 heteroatoms. The first-order valence-electron chi connectivity index (χ1n) is 7.77. The summed E-state index contributed by atoms with van der Waals surface area (Å²) in [5.41, 5.74) is 0. The molecule has 0 amide bonds. The average Bonchev–Trinajstić information content (AvgIpc) is 2.38. The van der Waals surface area contributed by atoms with Gasteiger partial charge in [-0.15, -0.1) is 0 Å². The second-order valence-electron chi connectivity index (χ2n) is 5.93. The molecule has 0 aromatic heterocycles.